The summed E-state index contributed by atoms with van der Waals surface area (Å²) < 4.78 is 1.57. The van der Waals surface area contributed by atoms with E-state index in [1.54, 1.807) is 17.0 Å². The number of urea groups is 1. The van der Waals surface area contributed by atoms with Crippen LogP contribution in [0.2, 0.25) is 0 Å². The molecule has 2 amide bonds. The number of aromatic nitrogens is 2. The van der Waals surface area contributed by atoms with E-state index >= 15 is 0 Å². The predicted octanol–water partition coefficient (Wildman–Crippen LogP) is 2.53. The van der Waals surface area contributed by atoms with Crippen LogP contribution in [0.1, 0.15) is 69.4 Å². The zero-order chi connectivity index (χ0) is 16.8. The molecule has 0 atom stereocenters. The third kappa shape index (κ3) is 4.58. The van der Waals surface area contributed by atoms with Crippen LogP contribution in [-0.2, 0) is 6.54 Å². The minimum Gasteiger partial charge on any atom is -0.336 e. The molecule has 0 saturated heterocycles. The molecule has 2 aliphatic rings. The summed E-state index contributed by atoms with van der Waals surface area (Å²) in [4.78, 5) is 28.5. The standard InChI is InChI=1S/C18H28N4O2/c23-17-12-16(14-6-4-5-7-14)20-13-22(17)11-10-19-18(24)21-15-8-2-1-3-9-15/h12-15H,1-11H2,(H2,19,21,24). The summed E-state index contributed by atoms with van der Waals surface area (Å²) >= 11 is 0. The van der Waals surface area contributed by atoms with Crippen molar-refractivity contribution in [3.8, 4) is 0 Å². The van der Waals surface area contributed by atoms with Crippen LogP contribution >= 0.6 is 0 Å². The van der Waals surface area contributed by atoms with Gasteiger partial charge < -0.3 is 10.6 Å². The monoisotopic (exact) mass is 332 g/mol. The Morgan fingerprint density at radius 1 is 1.12 bits per heavy atom. The third-order valence-electron chi connectivity index (χ3n) is 5.25. The second-order valence-electron chi connectivity index (χ2n) is 7.06. The van der Waals surface area contributed by atoms with Gasteiger partial charge in [0.1, 0.15) is 0 Å². The van der Waals surface area contributed by atoms with Gasteiger partial charge in [-0.2, -0.15) is 0 Å². The van der Waals surface area contributed by atoms with E-state index in [1.807, 2.05) is 0 Å². The Labute approximate surface area is 143 Å². The van der Waals surface area contributed by atoms with E-state index in [1.165, 1.54) is 32.1 Å². The second-order valence-corrected chi connectivity index (χ2v) is 7.06. The van der Waals surface area contributed by atoms with Gasteiger partial charge in [0.2, 0.25) is 0 Å². The Kier molecular flexibility index (Phi) is 5.88. The molecule has 132 valence electrons. The average molecular weight is 332 g/mol. The van der Waals surface area contributed by atoms with Crippen LogP contribution in [0.15, 0.2) is 17.2 Å². The highest BCUT2D eigenvalue weighted by atomic mass is 16.2. The average Bonchev–Trinajstić information content (AvgIpc) is 3.12. The number of amides is 2. The Bertz CT molecular complexity index is 601. The maximum Gasteiger partial charge on any atom is 0.315 e. The summed E-state index contributed by atoms with van der Waals surface area (Å²) in [6.07, 6.45) is 12.2. The van der Waals surface area contributed by atoms with Crippen molar-refractivity contribution in [1.29, 1.82) is 0 Å². The fourth-order valence-electron chi connectivity index (χ4n) is 3.83. The van der Waals surface area contributed by atoms with Gasteiger partial charge in [-0.3, -0.25) is 9.36 Å². The lowest BCUT2D eigenvalue weighted by molar-refractivity contribution is 0.232. The Morgan fingerprint density at radius 3 is 2.54 bits per heavy atom. The molecule has 3 rings (SSSR count). The molecule has 1 heterocycles. The first kappa shape index (κ1) is 17.0. The molecule has 6 nitrogen and oxygen atoms in total. The lowest BCUT2D eigenvalue weighted by Crippen LogP contribution is -2.44. The molecule has 2 aliphatic carbocycles. The Balaban J connectivity index is 1.44. The summed E-state index contributed by atoms with van der Waals surface area (Å²) in [5, 5.41) is 5.85. The lowest BCUT2D eigenvalue weighted by atomic mass is 9.96. The predicted molar refractivity (Wildman–Crippen MR) is 93.1 cm³/mol. The second kappa shape index (κ2) is 8.31. The van der Waals surface area contributed by atoms with Crippen LogP contribution in [0.5, 0.6) is 0 Å². The zero-order valence-electron chi connectivity index (χ0n) is 14.3. The highest BCUT2D eigenvalue weighted by molar-refractivity contribution is 5.74. The van der Waals surface area contributed by atoms with Gasteiger partial charge >= 0.3 is 6.03 Å². The van der Waals surface area contributed by atoms with Crippen molar-refractivity contribution in [3.05, 3.63) is 28.4 Å². The minimum atomic E-state index is -0.134. The van der Waals surface area contributed by atoms with E-state index in [4.69, 9.17) is 0 Å². The van der Waals surface area contributed by atoms with Crippen LogP contribution in [-0.4, -0.2) is 28.2 Å². The molecule has 2 fully saturated rings. The SMILES string of the molecule is O=C(NCCn1cnc(C2CCCC2)cc1=O)NC1CCCCC1. The molecule has 1 aromatic rings. The van der Waals surface area contributed by atoms with Crippen molar-refractivity contribution in [2.75, 3.05) is 6.54 Å². The third-order valence-corrected chi connectivity index (χ3v) is 5.25. The summed E-state index contributed by atoms with van der Waals surface area (Å²) in [5.41, 5.74) is 0.901. The van der Waals surface area contributed by atoms with Crippen molar-refractivity contribution in [1.82, 2.24) is 20.2 Å². The number of nitrogens with one attached hydrogen (secondary N) is 2. The molecule has 6 heteroatoms. The van der Waals surface area contributed by atoms with Crippen molar-refractivity contribution in [3.63, 3.8) is 0 Å². The maximum absolute atomic E-state index is 12.2. The van der Waals surface area contributed by atoms with Crippen molar-refractivity contribution >= 4 is 6.03 Å². The molecule has 2 saturated carbocycles. The number of carbonyl (C=O) groups is 1. The first-order valence-electron chi connectivity index (χ1n) is 9.33. The molecule has 0 bridgehead atoms. The van der Waals surface area contributed by atoms with E-state index in [0.29, 0.717) is 25.0 Å². The van der Waals surface area contributed by atoms with Gasteiger partial charge in [-0.05, 0) is 25.7 Å². The fraction of sp³-hybridized carbons (Fsp3) is 0.722. The lowest BCUT2D eigenvalue weighted by Gasteiger charge is -2.22. The van der Waals surface area contributed by atoms with Gasteiger partial charge in [-0.1, -0.05) is 32.1 Å². The molecule has 0 unspecified atom stereocenters. The molecule has 1 aromatic heterocycles. The maximum atomic E-state index is 12.2. The molecule has 0 radical (unpaired) electrons. The highest BCUT2D eigenvalue weighted by Gasteiger charge is 2.19. The number of hydrogen-bond donors (Lipinski definition) is 2. The molecule has 0 aliphatic heterocycles. The first-order valence-corrected chi connectivity index (χ1v) is 9.33. The van der Waals surface area contributed by atoms with E-state index in [-0.39, 0.29) is 11.6 Å². The quantitative estimate of drug-likeness (QED) is 0.870. The smallest absolute Gasteiger partial charge is 0.315 e. The molecule has 0 aromatic carbocycles. The highest BCUT2D eigenvalue weighted by Crippen LogP contribution is 2.32. The summed E-state index contributed by atoms with van der Waals surface area (Å²) in [6.45, 7) is 0.887. The topological polar surface area (TPSA) is 76.0 Å². The van der Waals surface area contributed by atoms with Crippen LogP contribution in [0, 0.1) is 0 Å². The number of hydrogen-bond acceptors (Lipinski definition) is 3. The Hall–Kier alpha value is -1.85. The van der Waals surface area contributed by atoms with E-state index in [2.05, 4.69) is 15.6 Å². The van der Waals surface area contributed by atoms with Crippen molar-refractivity contribution in [2.24, 2.45) is 0 Å². The minimum absolute atomic E-state index is 0.0265. The van der Waals surface area contributed by atoms with Gasteiger partial charge in [-0.25, -0.2) is 9.78 Å². The van der Waals surface area contributed by atoms with Crippen molar-refractivity contribution < 1.29 is 4.79 Å². The van der Waals surface area contributed by atoms with Gasteiger partial charge in [0.05, 0.1) is 12.0 Å². The summed E-state index contributed by atoms with van der Waals surface area (Å²) in [6, 6.07) is 1.83. The summed E-state index contributed by atoms with van der Waals surface area (Å²) in [5.74, 6) is 0.451. The largest absolute Gasteiger partial charge is 0.336 e. The van der Waals surface area contributed by atoms with Gasteiger partial charge in [-0.15, -0.1) is 0 Å². The fourth-order valence-corrected chi connectivity index (χ4v) is 3.83. The van der Waals surface area contributed by atoms with Gasteiger partial charge in [0.15, 0.2) is 0 Å². The molecule has 24 heavy (non-hydrogen) atoms. The van der Waals surface area contributed by atoms with E-state index in [9.17, 15) is 9.59 Å². The first-order chi connectivity index (χ1) is 11.7. The van der Waals surface area contributed by atoms with Crippen molar-refractivity contribution in [2.45, 2.75) is 76.3 Å². The van der Waals surface area contributed by atoms with Crippen LogP contribution in [0.25, 0.3) is 0 Å². The Morgan fingerprint density at radius 2 is 1.83 bits per heavy atom. The van der Waals surface area contributed by atoms with Gasteiger partial charge in [0.25, 0.3) is 5.56 Å². The van der Waals surface area contributed by atoms with Crippen LogP contribution in [0.3, 0.4) is 0 Å². The van der Waals surface area contributed by atoms with Crippen LogP contribution in [0.4, 0.5) is 4.79 Å². The number of nitrogens with zero attached hydrogens (tertiary/aromatic N) is 2. The molecule has 2 N–H and O–H groups in total. The van der Waals surface area contributed by atoms with E-state index in [0.717, 1.165) is 31.4 Å². The van der Waals surface area contributed by atoms with E-state index < -0.39 is 0 Å². The molecular weight excluding hydrogens is 304 g/mol. The number of carbonyl (C=O) groups excluding carboxylic acids is 1. The zero-order valence-corrected chi connectivity index (χ0v) is 14.3. The van der Waals surface area contributed by atoms with Gasteiger partial charge in [0, 0.05) is 31.1 Å². The molecule has 0 spiro atoms. The summed E-state index contributed by atoms with van der Waals surface area (Å²) in [7, 11) is 0. The number of rotatable bonds is 5. The molecular formula is C18H28N4O2. The van der Waals surface area contributed by atoms with Crippen LogP contribution < -0.4 is 16.2 Å². The normalized spacial score (nSPS) is 19.3.